The molecule has 0 aromatic heterocycles. The van der Waals surface area contributed by atoms with Crippen molar-refractivity contribution in [2.45, 2.75) is 0 Å². The maximum absolute atomic E-state index is 11.8. The molecule has 116 valence electrons. The molecule has 0 aliphatic carbocycles. The van der Waals surface area contributed by atoms with Gasteiger partial charge in [0, 0.05) is 25.3 Å². The van der Waals surface area contributed by atoms with Gasteiger partial charge >= 0.3 is 0 Å². The molecule has 7 heteroatoms. The highest BCUT2D eigenvalue weighted by atomic mass is 35.5. The van der Waals surface area contributed by atoms with E-state index in [9.17, 15) is 4.79 Å². The molecule has 0 unspecified atom stereocenters. The number of benzene rings is 1. The van der Waals surface area contributed by atoms with E-state index in [1.165, 1.54) is 0 Å². The van der Waals surface area contributed by atoms with Crippen LogP contribution in [0.5, 0.6) is 0 Å². The third kappa shape index (κ3) is 4.86. The highest BCUT2D eigenvalue weighted by Gasteiger charge is 2.13. The number of ether oxygens (including phenoxy) is 1. The highest BCUT2D eigenvalue weighted by molar-refractivity contribution is 6.33. The number of rotatable bonds is 6. The summed E-state index contributed by atoms with van der Waals surface area (Å²) in [5.41, 5.74) is 1.61. The molecule has 1 aromatic rings. The largest absolute Gasteiger partial charge is 0.395 e. The number of halogens is 1. The van der Waals surface area contributed by atoms with Crippen LogP contribution in [-0.2, 0) is 9.53 Å². The molecule has 6 nitrogen and oxygen atoms in total. The van der Waals surface area contributed by atoms with E-state index in [-0.39, 0.29) is 19.1 Å². The Kier molecular flexibility index (Phi) is 6.25. The number of hydrogen-bond donors (Lipinski definition) is 3. The van der Waals surface area contributed by atoms with Gasteiger partial charge in [0.2, 0.25) is 5.91 Å². The van der Waals surface area contributed by atoms with Crippen LogP contribution in [0.15, 0.2) is 18.2 Å². The van der Waals surface area contributed by atoms with Gasteiger partial charge in [-0.15, -0.1) is 0 Å². The lowest BCUT2D eigenvalue weighted by Crippen LogP contribution is -2.36. The summed E-state index contributed by atoms with van der Waals surface area (Å²) in [5, 5.41) is 14.8. The molecule has 1 saturated heterocycles. The molecule has 0 radical (unpaired) electrons. The molecule has 1 fully saturated rings. The smallest absolute Gasteiger partial charge is 0.238 e. The van der Waals surface area contributed by atoms with Crippen molar-refractivity contribution < 1.29 is 14.6 Å². The third-order valence-corrected chi connectivity index (χ3v) is 3.50. The van der Waals surface area contributed by atoms with Gasteiger partial charge in [-0.25, -0.2) is 0 Å². The molecule has 1 aromatic carbocycles. The van der Waals surface area contributed by atoms with Crippen molar-refractivity contribution in [3.63, 3.8) is 0 Å². The Morgan fingerprint density at radius 3 is 2.86 bits per heavy atom. The Hall–Kier alpha value is -1.34. The minimum Gasteiger partial charge on any atom is -0.395 e. The number of hydrogen-bond acceptors (Lipinski definition) is 5. The van der Waals surface area contributed by atoms with Crippen molar-refractivity contribution in [3.8, 4) is 0 Å². The van der Waals surface area contributed by atoms with E-state index in [4.69, 9.17) is 21.4 Å². The monoisotopic (exact) mass is 313 g/mol. The van der Waals surface area contributed by atoms with Crippen LogP contribution < -0.4 is 15.5 Å². The summed E-state index contributed by atoms with van der Waals surface area (Å²) >= 11 is 6.12. The minimum atomic E-state index is -0.190. The van der Waals surface area contributed by atoms with Crippen molar-refractivity contribution in [1.29, 1.82) is 0 Å². The fraction of sp³-hybridized carbons (Fsp3) is 0.500. The molecular formula is C14H20ClN3O3. The van der Waals surface area contributed by atoms with Crippen LogP contribution in [-0.4, -0.2) is 57.0 Å². The van der Waals surface area contributed by atoms with Crippen LogP contribution in [0.3, 0.4) is 0 Å². The Morgan fingerprint density at radius 1 is 1.38 bits per heavy atom. The number of aliphatic hydroxyl groups excluding tert-OH is 1. The lowest BCUT2D eigenvalue weighted by molar-refractivity contribution is -0.115. The predicted octanol–water partition coefficient (Wildman–Crippen LogP) is 0.697. The topological polar surface area (TPSA) is 73.8 Å². The van der Waals surface area contributed by atoms with Crippen LogP contribution in [0.4, 0.5) is 11.4 Å². The summed E-state index contributed by atoms with van der Waals surface area (Å²) in [6.07, 6.45) is 0. The second kappa shape index (κ2) is 8.19. The van der Waals surface area contributed by atoms with Gasteiger partial charge in [-0.3, -0.25) is 4.79 Å². The summed E-state index contributed by atoms with van der Waals surface area (Å²) in [6.45, 7) is 3.58. The number of aliphatic hydroxyl groups is 1. The van der Waals surface area contributed by atoms with Crippen LogP contribution in [0.1, 0.15) is 0 Å². The Balaban J connectivity index is 1.99. The van der Waals surface area contributed by atoms with Gasteiger partial charge in [-0.2, -0.15) is 0 Å². The minimum absolute atomic E-state index is 0.000548. The normalized spacial score (nSPS) is 15.0. The van der Waals surface area contributed by atoms with Gasteiger partial charge in [0.25, 0.3) is 0 Å². The molecule has 0 spiro atoms. The fourth-order valence-electron chi connectivity index (χ4n) is 2.10. The lowest BCUT2D eigenvalue weighted by Gasteiger charge is -2.29. The molecule has 1 aliphatic heterocycles. The maximum Gasteiger partial charge on any atom is 0.238 e. The number of carbonyl (C=O) groups excluding carboxylic acids is 1. The molecule has 21 heavy (non-hydrogen) atoms. The standard InChI is InChI=1S/C14H20ClN3O3/c15-12-2-1-11(18-4-7-21-8-5-18)9-13(12)17-14(20)10-16-3-6-19/h1-2,9,16,19H,3-8,10H2,(H,17,20). The van der Waals surface area contributed by atoms with E-state index in [1.807, 2.05) is 12.1 Å². The SMILES string of the molecule is O=C(CNCCO)Nc1cc(N2CCOCC2)ccc1Cl. The van der Waals surface area contributed by atoms with E-state index in [1.54, 1.807) is 6.07 Å². The summed E-state index contributed by atoms with van der Waals surface area (Å²) < 4.78 is 5.33. The first-order valence-corrected chi connectivity index (χ1v) is 7.32. The van der Waals surface area contributed by atoms with Crippen LogP contribution in [0, 0.1) is 0 Å². The summed E-state index contributed by atoms with van der Waals surface area (Å²) in [5.74, 6) is -0.190. The van der Waals surface area contributed by atoms with Gasteiger partial charge in [0.1, 0.15) is 0 Å². The first kappa shape index (κ1) is 16.0. The Morgan fingerprint density at radius 2 is 2.14 bits per heavy atom. The molecule has 0 saturated carbocycles. The zero-order valence-electron chi connectivity index (χ0n) is 11.8. The quantitative estimate of drug-likeness (QED) is 0.674. The fourth-order valence-corrected chi connectivity index (χ4v) is 2.27. The summed E-state index contributed by atoms with van der Waals surface area (Å²) in [4.78, 5) is 14.0. The number of anilines is 2. The van der Waals surface area contributed by atoms with E-state index in [0.717, 1.165) is 18.8 Å². The number of nitrogens with zero attached hydrogens (tertiary/aromatic N) is 1. The summed E-state index contributed by atoms with van der Waals surface area (Å²) in [6, 6.07) is 5.59. The maximum atomic E-state index is 11.8. The molecule has 3 N–H and O–H groups in total. The van der Waals surface area contributed by atoms with Gasteiger partial charge in [-0.05, 0) is 18.2 Å². The third-order valence-electron chi connectivity index (χ3n) is 3.17. The Bertz CT molecular complexity index is 479. The molecular weight excluding hydrogens is 294 g/mol. The molecule has 0 atom stereocenters. The highest BCUT2D eigenvalue weighted by Crippen LogP contribution is 2.28. The van der Waals surface area contributed by atoms with Gasteiger partial charge in [0.15, 0.2) is 0 Å². The Labute approximate surface area is 129 Å². The molecule has 1 aliphatic rings. The first-order chi connectivity index (χ1) is 10.2. The second-order valence-corrected chi connectivity index (χ2v) is 5.12. The van der Waals surface area contributed by atoms with Gasteiger partial charge < -0.3 is 25.4 Å². The van der Waals surface area contributed by atoms with Crippen LogP contribution in [0.25, 0.3) is 0 Å². The first-order valence-electron chi connectivity index (χ1n) is 6.94. The average Bonchev–Trinajstić information content (AvgIpc) is 2.51. The van der Waals surface area contributed by atoms with Crippen molar-refractivity contribution in [1.82, 2.24) is 5.32 Å². The van der Waals surface area contributed by atoms with E-state index in [0.29, 0.717) is 30.5 Å². The molecule has 0 bridgehead atoms. The molecule has 2 rings (SSSR count). The number of carbonyl (C=O) groups is 1. The zero-order valence-corrected chi connectivity index (χ0v) is 12.5. The zero-order chi connectivity index (χ0) is 15.1. The van der Waals surface area contributed by atoms with Crippen LogP contribution >= 0.6 is 11.6 Å². The van der Waals surface area contributed by atoms with E-state index < -0.39 is 0 Å². The molecule has 1 heterocycles. The van der Waals surface area contributed by atoms with Crippen molar-refractivity contribution in [3.05, 3.63) is 23.2 Å². The van der Waals surface area contributed by atoms with E-state index >= 15 is 0 Å². The molecule has 1 amide bonds. The van der Waals surface area contributed by atoms with E-state index in [2.05, 4.69) is 15.5 Å². The van der Waals surface area contributed by atoms with Crippen molar-refractivity contribution in [2.24, 2.45) is 0 Å². The van der Waals surface area contributed by atoms with Gasteiger partial charge in [-0.1, -0.05) is 11.6 Å². The second-order valence-electron chi connectivity index (χ2n) is 4.71. The van der Waals surface area contributed by atoms with Gasteiger partial charge in [0.05, 0.1) is 37.1 Å². The average molecular weight is 314 g/mol. The summed E-state index contributed by atoms with van der Waals surface area (Å²) in [7, 11) is 0. The number of nitrogens with one attached hydrogen (secondary N) is 2. The van der Waals surface area contributed by atoms with Crippen molar-refractivity contribution in [2.75, 3.05) is 56.2 Å². The predicted molar refractivity (Wildman–Crippen MR) is 83.1 cm³/mol. The number of morpholine rings is 1. The number of amides is 1. The van der Waals surface area contributed by atoms with Crippen LogP contribution in [0.2, 0.25) is 5.02 Å². The van der Waals surface area contributed by atoms with Crippen molar-refractivity contribution >= 4 is 28.9 Å². The lowest BCUT2D eigenvalue weighted by atomic mass is 10.2.